The Morgan fingerprint density at radius 2 is 1.05 bits per heavy atom. The lowest BCUT2D eigenvalue weighted by Crippen LogP contribution is -2.44. The maximum atomic E-state index is 6.28. The van der Waals surface area contributed by atoms with E-state index in [4.69, 9.17) is 4.42 Å². The van der Waals surface area contributed by atoms with Crippen molar-refractivity contribution in [2.75, 3.05) is 0 Å². The minimum atomic E-state index is -0.0185. The van der Waals surface area contributed by atoms with Gasteiger partial charge in [0, 0.05) is 16.2 Å². The summed E-state index contributed by atoms with van der Waals surface area (Å²) >= 11 is 0. The standard InChI is InChI=1S/C58H44O/c1-35-31-36-29-30-58(41(32-35)33-36)56-42-12-3-2-11-38(42)25-28-50(56)49-18-10-19-51(57(49)58)55-47-16-6-4-14-45(47)54(46-15-5-7-17-48(46)55)39-23-21-37(22-24-39)40-26-27-44-43-13-8-9-20-52(43)59-53(44)34-40/h2-28,34-36,41H,29-33H2,1H3. The molecule has 59 heavy (non-hydrogen) atoms. The molecule has 2 saturated carbocycles. The fourth-order valence-corrected chi connectivity index (χ4v) is 12.7. The van der Waals surface area contributed by atoms with Gasteiger partial charge >= 0.3 is 0 Å². The molecule has 4 atom stereocenters. The van der Waals surface area contributed by atoms with Crippen LogP contribution in [0.1, 0.15) is 50.2 Å². The van der Waals surface area contributed by atoms with Crippen LogP contribution in [0.15, 0.2) is 174 Å². The van der Waals surface area contributed by atoms with Gasteiger partial charge in [0.15, 0.2) is 0 Å². The normalized spacial score (nSPS) is 20.9. The maximum absolute atomic E-state index is 6.28. The van der Waals surface area contributed by atoms with E-state index < -0.39 is 0 Å². The number of furan rings is 1. The first-order valence-corrected chi connectivity index (χ1v) is 21.8. The number of fused-ring (bicyclic) bond motifs is 15. The summed E-state index contributed by atoms with van der Waals surface area (Å²) < 4.78 is 6.28. The van der Waals surface area contributed by atoms with Gasteiger partial charge in [0.05, 0.1) is 0 Å². The highest BCUT2D eigenvalue weighted by Crippen LogP contribution is 2.66. The van der Waals surface area contributed by atoms with Crippen molar-refractivity contribution in [3.63, 3.8) is 0 Å². The summed E-state index contributed by atoms with van der Waals surface area (Å²) in [6.07, 6.45) is 6.56. The van der Waals surface area contributed by atoms with Crippen LogP contribution < -0.4 is 0 Å². The molecule has 1 heteroatoms. The first kappa shape index (κ1) is 33.5. The lowest BCUT2D eigenvalue weighted by atomic mass is 9.52. The van der Waals surface area contributed by atoms with Crippen molar-refractivity contribution in [1.29, 1.82) is 0 Å². The molecule has 2 fully saturated rings. The van der Waals surface area contributed by atoms with Crippen LogP contribution in [0.5, 0.6) is 0 Å². The van der Waals surface area contributed by atoms with Gasteiger partial charge in [-0.2, -0.15) is 0 Å². The first-order chi connectivity index (χ1) is 29.1. The fourth-order valence-electron chi connectivity index (χ4n) is 12.7. The number of rotatable bonds is 3. The molecule has 0 N–H and O–H groups in total. The number of para-hydroxylation sites is 1. The van der Waals surface area contributed by atoms with Crippen molar-refractivity contribution < 1.29 is 4.42 Å². The second-order valence-corrected chi connectivity index (χ2v) is 18.1. The zero-order chi connectivity index (χ0) is 38.8. The molecule has 0 amide bonds. The van der Waals surface area contributed by atoms with Crippen molar-refractivity contribution in [1.82, 2.24) is 0 Å². The average Bonchev–Trinajstić information content (AvgIpc) is 3.80. The quantitative estimate of drug-likeness (QED) is 0.164. The molecule has 9 aromatic carbocycles. The van der Waals surface area contributed by atoms with E-state index in [0.29, 0.717) is 5.92 Å². The zero-order valence-electron chi connectivity index (χ0n) is 33.3. The van der Waals surface area contributed by atoms with Crippen molar-refractivity contribution in [3.05, 3.63) is 181 Å². The molecule has 0 radical (unpaired) electrons. The highest BCUT2D eigenvalue weighted by Gasteiger charge is 2.54. The van der Waals surface area contributed by atoms with Crippen molar-refractivity contribution in [2.45, 2.75) is 44.4 Å². The minimum absolute atomic E-state index is 0.0185. The monoisotopic (exact) mass is 756 g/mol. The summed E-state index contributed by atoms with van der Waals surface area (Å²) in [6, 6.07) is 63.9. The molecule has 2 bridgehead atoms. The maximum Gasteiger partial charge on any atom is 0.136 e. The molecule has 1 nitrogen and oxygen atoms in total. The summed E-state index contributed by atoms with van der Waals surface area (Å²) in [6.45, 7) is 2.52. The molecule has 13 rings (SSSR count). The molecule has 282 valence electrons. The highest BCUT2D eigenvalue weighted by molar-refractivity contribution is 6.22. The Bertz CT molecular complexity index is 3290. The van der Waals surface area contributed by atoms with Gasteiger partial charge < -0.3 is 4.42 Å². The van der Waals surface area contributed by atoms with Crippen LogP contribution in [0.3, 0.4) is 0 Å². The van der Waals surface area contributed by atoms with Crippen LogP contribution in [-0.4, -0.2) is 0 Å². The summed E-state index contributed by atoms with van der Waals surface area (Å²) in [4.78, 5) is 0. The lowest BCUT2D eigenvalue weighted by molar-refractivity contribution is 0.0865. The van der Waals surface area contributed by atoms with Gasteiger partial charge in [0.2, 0.25) is 0 Å². The minimum Gasteiger partial charge on any atom is -0.456 e. The fraction of sp³-hybridized carbons (Fsp3) is 0.172. The molecule has 0 aliphatic heterocycles. The Labute approximate surface area is 344 Å². The summed E-state index contributed by atoms with van der Waals surface area (Å²) in [5.74, 6) is 2.22. The number of benzene rings is 9. The molecule has 1 aromatic heterocycles. The van der Waals surface area contributed by atoms with E-state index in [2.05, 4.69) is 171 Å². The Kier molecular flexibility index (Phi) is 7.12. The average molecular weight is 757 g/mol. The largest absolute Gasteiger partial charge is 0.456 e. The third-order valence-electron chi connectivity index (χ3n) is 14.9. The van der Waals surface area contributed by atoms with Crippen LogP contribution in [0, 0.1) is 17.8 Å². The highest BCUT2D eigenvalue weighted by atomic mass is 16.3. The summed E-state index contributed by atoms with van der Waals surface area (Å²) in [7, 11) is 0. The zero-order valence-corrected chi connectivity index (χ0v) is 33.3. The molecule has 10 aromatic rings. The van der Waals surface area contributed by atoms with E-state index in [-0.39, 0.29) is 5.41 Å². The van der Waals surface area contributed by atoms with Gasteiger partial charge in [-0.05, 0) is 156 Å². The Balaban J connectivity index is 1.02. The Morgan fingerprint density at radius 3 is 1.83 bits per heavy atom. The van der Waals surface area contributed by atoms with Gasteiger partial charge in [-0.25, -0.2) is 0 Å². The predicted molar refractivity (Wildman–Crippen MR) is 248 cm³/mol. The summed E-state index contributed by atoms with van der Waals surface area (Å²) in [5.41, 5.74) is 15.7. The van der Waals surface area contributed by atoms with E-state index in [1.165, 1.54) is 103 Å². The Morgan fingerprint density at radius 1 is 0.441 bits per heavy atom. The van der Waals surface area contributed by atoms with Crippen LogP contribution in [0.25, 0.3) is 98.8 Å². The molecule has 1 heterocycles. The van der Waals surface area contributed by atoms with Crippen LogP contribution >= 0.6 is 0 Å². The SMILES string of the molecule is CC1CC2CCC3(c4c(cccc4-c4c5ccccc5c(-c5ccc(-c6ccc7c(c6)oc6ccccc67)cc5)c5ccccc45)-c4ccc5ccccc5c43)C(C1)C2. The molecule has 3 aliphatic carbocycles. The Hall–Kier alpha value is -6.44. The first-order valence-electron chi connectivity index (χ1n) is 21.8. The van der Waals surface area contributed by atoms with Gasteiger partial charge in [-0.3, -0.25) is 0 Å². The van der Waals surface area contributed by atoms with E-state index in [9.17, 15) is 0 Å². The van der Waals surface area contributed by atoms with Gasteiger partial charge in [0.1, 0.15) is 11.2 Å². The molecule has 1 spiro atoms. The third-order valence-corrected chi connectivity index (χ3v) is 14.9. The van der Waals surface area contributed by atoms with Crippen LogP contribution in [-0.2, 0) is 5.41 Å². The summed E-state index contributed by atoms with van der Waals surface area (Å²) in [5, 5.41) is 10.4. The topological polar surface area (TPSA) is 13.1 Å². The molecular weight excluding hydrogens is 713 g/mol. The number of hydrogen-bond acceptors (Lipinski definition) is 1. The van der Waals surface area contributed by atoms with E-state index in [1.807, 2.05) is 6.07 Å². The van der Waals surface area contributed by atoms with E-state index >= 15 is 0 Å². The molecule has 4 unspecified atom stereocenters. The molecular formula is C58H44O. The second-order valence-electron chi connectivity index (χ2n) is 18.1. The third kappa shape index (κ3) is 4.73. The van der Waals surface area contributed by atoms with Crippen LogP contribution in [0.2, 0.25) is 0 Å². The van der Waals surface area contributed by atoms with Gasteiger partial charge in [-0.15, -0.1) is 0 Å². The van der Waals surface area contributed by atoms with Crippen molar-refractivity contribution in [3.8, 4) is 44.5 Å². The number of hydrogen-bond donors (Lipinski definition) is 0. The van der Waals surface area contributed by atoms with Crippen LogP contribution in [0.4, 0.5) is 0 Å². The van der Waals surface area contributed by atoms with Gasteiger partial charge in [0.25, 0.3) is 0 Å². The van der Waals surface area contributed by atoms with Crippen molar-refractivity contribution in [2.24, 2.45) is 17.8 Å². The van der Waals surface area contributed by atoms with Gasteiger partial charge in [-0.1, -0.05) is 159 Å². The second kappa shape index (κ2) is 12.5. The van der Waals surface area contributed by atoms with Crippen molar-refractivity contribution >= 4 is 54.3 Å². The lowest BCUT2D eigenvalue weighted by Gasteiger charge is -2.51. The molecule has 3 aliphatic rings. The van der Waals surface area contributed by atoms with E-state index in [1.54, 1.807) is 11.1 Å². The molecule has 0 saturated heterocycles. The predicted octanol–water partition coefficient (Wildman–Crippen LogP) is 16.2. The van der Waals surface area contributed by atoms with E-state index in [0.717, 1.165) is 39.3 Å². The smallest absolute Gasteiger partial charge is 0.136 e.